The molecule has 7 nitrogen and oxygen atoms in total. The number of nitriles is 1. The number of fused-ring (bicyclic) bond motifs is 4. The van der Waals surface area contributed by atoms with Gasteiger partial charge in [0.1, 0.15) is 24.1 Å². The molecule has 4 aliphatic heterocycles. The number of hydrogen-bond acceptors (Lipinski definition) is 6. The molecule has 0 unspecified atom stereocenters. The van der Waals surface area contributed by atoms with Crippen LogP contribution in [0.3, 0.4) is 0 Å². The lowest BCUT2D eigenvalue weighted by molar-refractivity contribution is -0.130. The van der Waals surface area contributed by atoms with Crippen LogP contribution in [0.25, 0.3) is 32.8 Å². The predicted molar refractivity (Wildman–Crippen MR) is 174 cm³/mol. The molecule has 46 heavy (non-hydrogen) atoms. The van der Waals surface area contributed by atoms with Gasteiger partial charge in [-0.15, -0.1) is 0 Å². The molecule has 0 spiro atoms. The Morgan fingerprint density at radius 1 is 1.13 bits per heavy atom. The van der Waals surface area contributed by atoms with Crippen LogP contribution >= 0.6 is 11.6 Å². The number of aromatic nitrogens is 1. The molecule has 3 aromatic carbocycles. The average molecular weight is 640 g/mol. The van der Waals surface area contributed by atoms with Crippen molar-refractivity contribution in [2.45, 2.75) is 49.7 Å². The van der Waals surface area contributed by atoms with Crippen molar-refractivity contribution in [3.05, 3.63) is 77.3 Å². The van der Waals surface area contributed by atoms with Crippen molar-refractivity contribution in [3.63, 3.8) is 0 Å². The summed E-state index contributed by atoms with van der Waals surface area (Å²) in [5.74, 6) is -1.85. The number of pyridine rings is 1. The zero-order valence-electron chi connectivity index (χ0n) is 25.2. The van der Waals surface area contributed by atoms with Crippen LogP contribution in [-0.2, 0) is 4.79 Å². The number of nitrogens with zero attached hydrogens (tertiary/aromatic N) is 5. The maximum Gasteiger partial charge on any atom is 0.282 e. The van der Waals surface area contributed by atoms with E-state index in [0.29, 0.717) is 48.3 Å². The Morgan fingerprint density at radius 3 is 2.70 bits per heavy atom. The van der Waals surface area contributed by atoms with E-state index in [0.717, 1.165) is 60.7 Å². The van der Waals surface area contributed by atoms with E-state index in [-0.39, 0.29) is 28.5 Å². The van der Waals surface area contributed by atoms with Gasteiger partial charge in [0.2, 0.25) is 5.88 Å². The number of ether oxygens (including phenoxy) is 1. The SMILES string of the molecule is C=C(F)C(=O)N1CC[C@@H]2[C@H]1CN2c1c(C#N)c(OCC23CCCN2CCC3)nc2cc(-c3cccc4ccc(F)c(Cl)c34)ccc12. The number of halogens is 3. The Labute approximate surface area is 270 Å². The molecule has 4 aromatic rings. The molecular formula is C36H32ClF2N5O2. The third-order valence-electron chi connectivity index (χ3n) is 10.6. The number of carbonyl (C=O) groups is 1. The van der Waals surface area contributed by atoms with E-state index in [1.54, 1.807) is 11.0 Å². The number of amides is 1. The fourth-order valence-electron chi connectivity index (χ4n) is 8.40. The Balaban J connectivity index is 1.25. The smallest absolute Gasteiger partial charge is 0.282 e. The van der Waals surface area contributed by atoms with Crippen molar-refractivity contribution in [1.82, 2.24) is 14.8 Å². The summed E-state index contributed by atoms with van der Waals surface area (Å²) >= 11 is 6.50. The number of rotatable bonds is 6. The van der Waals surface area contributed by atoms with Crippen LogP contribution in [-0.4, -0.2) is 71.1 Å². The van der Waals surface area contributed by atoms with Crippen LogP contribution in [0.4, 0.5) is 14.5 Å². The van der Waals surface area contributed by atoms with Crippen LogP contribution in [0.2, 0.25) is 5.02 Å². The monoisotopic (exact) mass is 639 g/mol. The number of benzene rings is 3. The van der Waals surface area contributed by atoms with E-state index < -0.39 is 17.6 Å². The van der Waals surface area contributed by atoms with E-state index in [1.165, 1.54) is 6.07 Å². The minimum Gasteiger partial charge on any atom is -0.475 e. The Bertz CT molecular complexity index is 1980. The first kappa shape index (κ1) is 29.2. The van der Waals surface area contributed by atoms with Gasteiger partial charge in [-0.2, -0.15) is 5.26 Å². The zero-order valence-corrected chi connectivity index (χ0v) is 26.0. The molecule has 0 radical (unpaired) electrons. The second kappa shape index (κ2) is 10.9. The van der Waals surface area contributed by atoms with E-state index in [1.807, 2.05) is 36.4 Å². The zero-order chi connectivity index (χ0) is 31.7. The maximum absolute atomic E-state index is 14.6. The summed E-state index contributed by atoms with van der Waals surface area (Å²) in [4.78, 5) is 23.6. The highest BCUT2D eigenvalue weighted by Gasteiger charge is 2.50. The standard InChI is InChI=1S/C36H32ClF2N5O2/c1-21(38)35(45)43-16-11-29-30(43)19-44(29)33-25-9-7-23(24-6-2-5-22-8-10-27(39)32(37)31(22)24)17-28(25)41-34(26(33)18-40)46-20-36-12-3-14-42(36)15-4-13-36/h2,5-10,17,29-30H,1,3-4,11-16,19-20H2/t29-,30-/m1/s1. The van der Waals surface area contributed by atoms with Gasteiger partial charge in [0.15, 0.2) is 5.83 Å². The van der Waals surface area contributed by atoms with Gasteiger partial charge in [-0.25, -0.2) is 13.8 Å². The van der Waals surface area contributed by atoms with Crippen LogP contribution in [0, 0.1) is 17.1 Å². The molecule has 0 N–H and O–H groups in total. The largest absolute Gasteiger partial charge is 0.475 e. The summed E-state index contributed by atoms with van der Waals surface area (Å²) in [6, 6.07) is 16.8. The van der Waals surface area contributed by atoms with Crippen LogP contribution in [0.15, 0.2) is 60.9 Å². The molecule has 1 amide bonds. The van der Waals surface area contributed by atoms with Crippen molar-refractivity contribution in [3.8, 4) is 23.1 Å². The van der Waals surface area contributed by atoms with E-state index in [2.05, 4.69) is 22.4 Å². The predicted octanol–water partition coefficient (Wildman–Crippen LogP) is 7.00. The first-order valence-corrected chi connectivity index (χ1v) is 16.2. The Morgan fingerprint density at radius 2 is 1.93 bits per heavy atom. The minimum absolute atomic E-state index is 0.0436. The summed E-state index contributed by atoms with van der Waals surface area (Å²) in [6.07, 6.45) is 5.00. The minimum atomic E-state index is -0.963. The van der Waals surface area contributed by atoms with Gasteiger partial charge in [-0.3, -0.25) is 9.69 Å². The van der Waals surface area contributed by atoms with Crippen molar-refractivity contribution in [2.75, 3.05) is 37.7 Å². The molecule has 4 fully saturated rings. The first-order chi connectivity index (χ1) is 22.3. The second-order valence-electron chi connectivity index (χ2n) is 12.9. The van der Waals surface area contributed by atoms with Gasteiger partial charge in [0, 0.05) is 23.9 Å². The van der Waals surface area contributed by atoms with Gasteiger partial charge >= 0.3 is 0 Å². The van der Waals surface area contributed by atoms with Gasteiger partial charge in [0.25, 0.3) is 5.91 Å². The van der Waals surface area contributed by atoms with Crippen LogP contribution in [0.5, 0.6) is 5.88 Å². The third kappa shape index (κ3) is 4.38. The molecular weight excluding hydrogens is 608 g/mol. The highest BCUT2D eigenvalue weighted by atomic mass is 35.5. The van der Waals surface area contributed by atoms with E-state index in [9.17, 15) is 18.8 Å². The molecule has 4 saturated heterocycles. The van der Waals surface area contributed by atoms with Crippen LogP contribution < -0.4 is 9.64 Å². The van der Waals surface area contributed by atoms with Gasteiger partial charge in [-0.1, -0.05) is 54.6 Å². The molecule has 0 saturated carbocycles. The lowest BCUT2D eigenvalue weighted by Gasteiger charge is -2.48. The molecule has 2 atom stereocenters. The lowest BCUT2D eigenvalue weighted by Crippen LogP contribution is -2.63. The Hall–Kier alpha value is -4.26. The number of likely N-dealkylation sites (tertiary alicyclic amines) is 1. The van der Waals surface area contributed by atoms with Gasteiger partial charge < -0.3 is 14.5 Å². The molecule has 8 rings (SSSR count). The molecule has 0 bridgehead atoms. The summed E-state index contributed by atoms with van der Waals surface area (Å²) < 4.78 is 34.9. The highest BCUT2D eigenvalue weighted by molar-refractivity contribution is 6.37. The summed E-state index contributed by atoms with van der Waals surface area (Å²) in [5.41, 5.74) is 3.22. The average Bonchev–Trinajstić information content (AvgIpc) is 3.73. The first-order valence-electron chi connectivity index (χ1n) is 15.8. The third-order valence-corrected chi connectivity index (χ3v) is 11.0. The molecule has 0 aliphatic carbocycles. The summed E-state index contributed by atoms with van der Waals surface area (Å²) in [6.45, 7) is 6.64. The quantitative estimate of drug-likeness (QED) is 0.212. The normalized spacial score (nSPS) is 21.7. The van der Waals surface area contributed by atoms with Crippen molar-refractivity contribution < 1.29 is 18.3 Å². The maximum atomic E-state index is 14.6. The Kier molecular flexibility index (Phi) is 6.93. The topological polar surface area (TPSA) is 72.7 Å². The fraction of sp³-hybridized carbons (Fsp3) is 0.361. The van der Waals surface area contributed by atoms with Crippen molar-refractivity contribution in [2.24, 2.45) is 0 Å². The summed E-state index contributed by atoms with van der Waals surface area (Å²) in [5, 5.41) is 12.8. The van der Waals surface area contributed by atoms with E-state index in [4.69, 9.17) is 21.3 Å². The second-order valence-corrected chi connectivity index (χ2v) is 13.3. The number of carbonyl (C=O) groups excluding carboxylic acids is 1. The molecule has 234 valence electrons. The van der Waals surface area contributed by atoms with Crippen molar-refractivity contribution in [1.29, 1.82) is 5.26 Å². The number of hydrogen-bond donors (Lipinski definition) is 0. The molecule has 4 aliphatic rings. The van der Waals surface area contributed by atoms with Crippen LogP contribution in [0.1, 0.15) is 37.7 Å². The van der Waals surface area contributed by atoms with Gasteiger partial charge in [0.05, 0.1) is 33.8 Å². The number of anilines is 1. The molecule has 10 heteroatoms. The summed E-state index contributed by atoms with van der Waals surface area (Å²) in [7, 11) is 0. The molecule has 5 heterocycles. The van der Waals surface area contributed by atoms with E-state index >= 15 is 0 Å². The fourth-order valence-corrected chi connectivity index (χ4v) is 8.67. The van der Waals surface area contributed by atoms with Gasteiger partial charge in [-0.05, 0) is 73.8 Å². The van der Waals surface area contributed by atoms with Crippen molar-refractivity contribution >= 4 is 44.9 Å². The molecule has 1 aromatic heterocycles. The highest BCUT2D eigenvalue weighted by Crippen LogP contribution is 2.46. The lowest BCUT2D eigenvalue weighted by atomic mass is 9.92.